The number of hydrogen-bond donors (Lipinski definition) is 0. The number of thioether (sulfide) groups is 1. The third kappa shape index (κ3) is 3.81. The molecule has 1 unspecified atom stereocenters. The van der Waals surface area contributed by atoms with Gasteiger partial charge in [-0.3, -0.25) is 0 Å². The van der Waals surface area contributed by atoms with E-state index in [2.05, 4.69) is 46.6 Å². The van der Waals surface area contributed by atoms with E-state index in [-0.39, 0.29) is 5.37 Å². The molecule has 0 N–H and O–H groups in total. The first-order valence-corrected chi connectivity index (χ1v) is 7.13. The van der Waals surface area contributed by atoms with Crippen molar-refractivity contribution in [1.82, 2.24) is 0 Å². The molecule has 90 valence electrons. The second-order valence-electron chi connectivity index (χ2n) is 3.78. The Morgan fingerprint density at radius 3 is 2.22 bits per heavy atom. The Morgan fingerprint density at radius 2 is 1.61 bits per heavy atom. The highest BCUT2D eigenvalue weighted by atomic mass is 32.2. The van der Waals surface area contributed by atoms with Crippen LogP contribution in [0.3, 0.4) is 0 Å². The molecular formula is C15H13NS2. The molecule has 0 saturated carbocycles. The molecule has 2 aromatic rings. The van der Waals surface area contributed by atoms with Crippen molar-refractivity contribution in [2.24, 2.45) is 4.99 Å². The van der Waals surface area contributed by atoms with Crippen molar-refractivity contribution in [3.8, 4) is 0 Å². The second kappa shape index (κ2) is 7.12. The fraction of sp³-hybridized carbons (Fsp3) is 0.133. The first-order chi connectivity index (χ1) is 8.90. The first kappa shape index (κ1) is 13.0. The van der Waals surface area contributed by atoms with Gasteiger partial charge in [-0.15, -0.1) is 11.8 Å². The maximum atomic E-state index is 4.73. The zero-order valence-corrected chi connectivity index (χ0v) is 11.5. The molecule has 0 saturated heterocycles. The smallest absolute Gasteiger partial charge is 0.131 e. The number of thiocarbonyl (C=S) groups is 1. The third-order valence-corrected chi connectivity index (χ3v) is 3.80. The molecule has 0 bridgehead atoms. The Balaban J connectivity index is 2.06. The zero-order valence-electron chi connectivity index (χ0n) is 9.82. The van der Waals surface area contributed by atoms with Crippen molar-refractivity contribution in [3.63, 3.8) is 0 Å². The number of aliphatic imine (C=N–C) groups is 1. The molecule has 0 aliphatic heterocycles. The van der Waals surface area contributed by atoms with Gasteiger partial charge in [0.15, 0.2) is 0 Å². The fourth-order valence-corrected chi connectivity index (χ4v) is 2.81. The summed E-state index contributed by atoms with van der Waals surface area (Å²) in [4.78, 5) is 4.24. The third-order valence-electron chi connectivity index (χ3n) is 2.51. The van der Waals surface area contributed by atoms with E-state index in [0.717, 1.165) is 11.3 Å². The van der Waals surface area contributed by atoms with Gasteiger partial charge in [-0.25, -0.2) is 4.99 Å². The van der Waals surface area contributed by atoms with E-state index in [9.17, 15) is 0 Å². The zero-order chi connectivity index (χ0) is 12.6. The summed E-state index contributed by atoms with van der Waals surface area (Å²) >= 11 is 6.49. The Bertz CT molecular complexity index is 519. The number of rotatable bonds is 5. The van der Waals surface area contributed by atoms with Crippen molar-refractivity contribution >= 4 is 29.1 Å². The van der Waals surface area contributed by atoms with Gasteiger partial charge >= 0.3 is 0 Å². The van der Waals surface area contributed by atoms with Gasteiger partial charge in [-0.1, -0.05) is 60.7 Å². The molecule has 3 heteroatoms. The van der Waals surface area contributed by atoms with Gasteiger partial charge in [0.2, 0.25) is 0 Å². The van der Waals surface area contributed by atoms with Crippen LogP contribution in [0.4, 0.5) is 0 Å². The monoisotopic (exact) mass is 271 g/mol. The highest BCUT2D eigenvalue weighted by Gasteiger charge is 2.09. The molecule has 0 fully saturated rings. The molecule has 18 heavy (non-hydrogen) atoms. The molecule has 0 radical (unpaired) electrons. The lowest BCUT2D eigenvalue weighted by Crippen LogP contribution is -1.91. The van der Waals surface area contributed by atoms with E-state index in [0.29, 0.717) is 0 Å². The topological polar surface area (TPSA) is 12.4 Å². The van der Waals surface area contributed by atoms with Crippen LogP contribution in [-0.2, 0) is 5.75 Å². The van der Waals surface area contributed by atoms with E-state index in [1.807, 2.05) is 24.3 Å². The van der Waals surface area contributed by atoms with Crippen molar-refractivity contribution in [2.45, 2.75) is 11.1 Å². The lowest BCUT2D eigenvalue weighted by atomic mass is 10.2. The van der Waals surface area contributed by atoms with Gasteiger partial charge in [-0.2, -0.15) is 0 Å². The van der Waals surface area contributed by atoms with Crippen molar-refractivity contribution < 1.29 is 0 Å². The lowest BCUT2D eigenvalue weighted by molar-refractivity contribution is 1.04. The van der Waals surface area contributed by atoms with Gasteiger partial charge < -0.3 is 0 Å². The van der Waals surface area contributed by atoms with Crippen molar-refractivity contribution in [1.29, 1.82) is 0 Å². The van der Waals surface area contributed by atoms with E-state index in [1.165, 1.54) is 5.56 Å². The van der Waals surface area contributed by atoms with Crippen LogP contribution >= 0.6 is 24.0 Å². The molecule has 0 spiro atoms. The SMILES string of the molecule is S=C=NC(SCc1ccccc1)c1ccccc1. The summed E-state index contributed by atoms with van der Waals surface area (Å²) in [6.45, 7) is 0. The first-order valence-electron chi connectivity index (χ1n) is 5.67. The molecule has 2 rings (SSSR count). The molecule has 1 atom stereocenters. The standard InChI is InChI=1S/C15H13NS2/c17-12-16-15(14-9-5-2-6-10-14)18-11-13-7-3-1-4-8-13/h1-10,15H,11H2. The Kier molecular flexibility index (Phi) is 5.15. The summed E-state index contributed by atoms with van der Waals surface area (Å²) in [5.41, 5.74) is 2.46. The summed E-state index contributed by atoms with van der Waals surface area (Å²) in [5.74, 6) is 0.918. The van der Waals surface area contributed by atoms with Crippen LogP contribution in [0.2, 0.25) is 0 Å². The highest BCUT2D eigenvalue weighted by Crippen LogP contribution is 2.32. The van der Waals surface area contributed by atoms with Crippen LogP contribution in [0, 0.1) is 0 Å². The van der Waals surface area contributed by atoms with E-state index >= 15 is 0 Å². The van der Waals surface area contributed by atoms with Crippen molar-refractivity contribution in [2.75, 3.05) is 0 Å². The normalized spacial score (nSPS) is 11.6. The van der Waals surface area contributed by atoms with Crippen LogP contribution in [0.25, 0.3) is 0 Å². The Labute approximate surface area is 117 Å². The summed E-state index contributed by atoms with van der Waals surface area (Å²) in [5, 5.41) is 2.52. The average Bonchev–Trinajstić information content (AvgIpc) is 2.45. The van der Waals surface area contributed by atoms with Crippen LogP contribution < -0.4 is 0 Å². The van der Waals surface area contributed by atoms with E-state index in [1.54, 1.807) is 11.8 Å². The molecule has 0 aliphatic rings. The largest absolute Gasteiger partial charge is 0.213 e. The minimum absolute atomic E-state index is 0.0314. The summed E-state index contributed by atoms with van der Waals surface area (Å²) < 4.78 is 0. The quantitative estimate of drug-likeness (QED) is 0.576. The molecule has 0 amide bonds. The van der Waals surface area contributed by atoms with Gasteiger partial charge in [0.05, 0.1) is 5.16 Å². The van der Waals surface area contributed by atoms with Crippen LogP contribution in [0.15, 0.2) is 65.7 Å². The number of isothiocyanates is 1. The number of hydrogen-bond acceptors (Lipinski definition) is 3. The summed E-state index contributed by atoms with van der Waals surface area (Å²) in [6.07, 6.45) is 0. The predicted molar refractivity (Wildman–Crippen MR) is 81.9 cm³/mol. The van der Waals surface area contributed by atoms with Crippen molar-refractivity contribution in [3.05, 3.63) is 71.8 Å². The second-order valence-corrected chi connectivity index (χ2v) is 5.03. The molecular weight excluding hydrogens is 258 g/mol. The van der Waals surface area contributed by atoms with Gasteiger partial charge in [0.1, 0.15) is 5.37 Å². The molecule has 2 aromatic carbocycles. The maximum Gasteiger partial charge on any atom is 0.131 e. The van der Waals surface area contributed by atoms with E-state index < -0.39 is 0 Å². The maximum absolute atomic E-state index is 4.73. The minimum Gasteiger partial charge on any atom is -0.213 e. The highest BCUT2D eigenvalue weighted by molar-refractivity contribution is 7.98. The van der Waals surface area contributed by atoms with Crippen LogP contribution in [-0.4, -0.2) is 5.16 Å². The number of benzene rings is 2. The van der Waals surface area contributed by atoms with E-state index in [4.69, 9.17) is 12.2 Å². The molecule has 0 heterocycles. The van der Waals surface area contributed by atoms with Gasteiger partial charge in [0.25, 0.3) is 0 Å². The van der Waals surface area contributed by atoms with Crippen LogP contribution in [0.5, 0.6) is 0 Å². The summed E-state index contributed by atoms with van der Waals surface area (Å²) in [6, 6.07) is 20.5. The Hall–Kier alpha value is -1.41. The number of nitrogens with zero attached hydrogens (tertiary/aromatic N) is 1. The molecule has 1 nitrogen and oxygen atoms in total. The molecule has 0 aromatic heterocycles. The van der Waals surface area contributed by atoms with Crippen LogP contribution in [0.1, 0.15) is 16.5 Å². The molecule has 0 aliphatic carbocycles. The minimum atomic E-state index is 0.0314. The predicted octanol–water partition coefficient (Wildman–Crippen LogP) is 4.72. The van der Waals surface area contributed by atoms with Gasteiger partial charge in [-0.05, 0) is 23.3 Å². The fourth-order valence-electron chi connectivity index (χ4n) is 1.62. The lowest BCUT2D eigenvalue weighted by Gasteiger charge is -2.11. The van der Waals surface area contributed by atoms with Gasteiger partial charge in [0, 0.05) is 5.75 Å². The average molecular weight is 271 g/mol. The summed E-state index contributed by atoms with van der Waals surface area (Å²) in [7, 11) is 0. The Morgan fingerprint density at radius 1 is 1.00 bits per heavy atom.